The number of rotatable bonds is 9. The van der Waals surface area contributed by atoms with E-state index in [0.717, 1.165) is 17.5 Å². The molecule has 0 radical (unpaired) electrons. The van der Waals surface area contributed by atoms with Gasteiger partial charge in [-0.05, 0) is 48.7 Å². The van der Waals surface area contributed by atoms with Crippen LogP contribution >= 0.6 is 0 Å². The largest absolute Gasteiger partial charge is 0.508 e. The number of benzene rings is 2. The van der Waals surface area contributed by atoms with Gasteiger partial charge in [0.05, 0.1) is 12.7 Å². The molecule has 0 fully saturated rings. The van der Waals surface area contributed by atoms with Crippen molar-refractivity contribution >= 4 is 6.08 Å². The van der Waals surface area contributed by atoms with Gasteiger partial charge in [-0.3, -0.25) is 0 Å². The number of hydrogen-bond acceptors (Lipinski definition) is 4. The lowest BCUT2D eigenvalue weighted by Gasteiger charge is -2.26. The minimum atomic E-state index is -0.102. The van der Waals surface area contributed by atoms with Crippen molar-refractivity contribution in [3.8, 4) is 11.5 Å². The Morgan fingerprint density at radius 3 is 2.12 bits per heavy atom. The molecule has 2 N–H and O–H groups in total. The molecule has 0 amide bonds. The predicted octanol–water partition coefficient (Wildman–Crippen LogP) is 4.54. The number of phenols is 2. The molecule has 0 spiro atoms. The van der Waals surface area contributed by atoms with Gasteiger partial charge >= 0.3 is 0 Å². The van der Waals surface area contributed by atoms with Gasteiger partial charge in [-0.1, -0.05) is 36.4 Å². The quantitative estimate of drug-likeness (QED) is 0.702. The van der Waals surface area contributed by atoms with Crippen molar-refractivity contribution in [2.75, 3.05) is 20.3 Å². The van der Waals surface area contributed by atoms with Gasteiger partial charge < -0.3 is 19.7 Å². The zero-order chi connectivity index (χ0) is 18.1. The summed E-state index contributed by atoms with van der Waals surface area (Å²) >= 11 is 0. The number of ether oxygens (including phenoxy) is 2. The fraction of sp³-hybridized carbons (Fsp3) is 0.333. The molecule has 25 heavy (non-hydrogen) atoms. The predicted molar refractivity (Wildman–Crippen MR) is 99.6 cm³/mol. The maximum Gasteiger partial charge on any atom is 0.115 e. The molecule has 134 valence electrons. The van der Waals surface area contributed by atoms with Gasteiger partial charge in [0, 0.05) is 19.6 Å². The minimum absolute atomic E-state index is 0.102. The summed E-state index contributed by atoms with van der Waals surface area (Å²) < 4.78 is 11.4. The Morgan fingerprint density at radius 1 is 0.960 bits per heavy atom. The minimum Gasteiger partial charge on any atom is -0.508 e. The van der Waals surface area contributed by atoms with E-state index in [1.54, 1.807) is 31.4 Å². The van der Waals surface area contributed by atoms with E-state index in [1.807, 2.05) is 37.3 Å². The van der Waals surface area contributed by atoms with Crippen LogP contribution in [0, 0.1) is 5.92 Å². The highest BCUT2D eigenvalue weighted by atomic mass is 16.5. The fourth-order valence-corrected chi connectivity index (χ4v) is 2.81. The molecule has 2 aromatic carbocycles. The van der Waals surface area contributed by atoms with Crippen LogP contribution in [0.2, 0.25) is 0 Å². The van der Waals surface area contributed by atoms with Crippen LogP contribution in [0.25, 0.3) is 6.08 Å². The van der Waals surface area contributed by atoms with E-state index in [4.69, 9.17) is 9.47 Å². The molecule has 0 heterocycles. The van der Waals surface area contributed by atoms with E-state index in [9.17, 15) is 10.2 Å². The first-order chi connectivity index (χ1) is 12.1. The summed E-state index contributed by atoms with van der Waals surface area (Å²) in [5, 5.41) is 18.8. The molecule has 0 aliphatic heterocycles. The van der Waals surface area contributed by atoms with Crippen LogP contribution in [0.1, 0.15) is 30.6 Å². The number of hydrogen-bond donors (Lipinski definition) is 2. The van der Waals surface area contributed by atoms with Crippen LogP contribution in [0.15, 0.2) is 54.6 Å². The van der Waals surface area contributed by atoms with Crippen molar-refractivity contribution in [3.05, 3.63) is 65.7 Å². The van der Waals surface area contributed by atoms with Crippen molar-refractivity contribution < 1.29 is 19.7 Å². The van der Waals surface area contributed by atoms with Crippen LogP contribution < -0.4 is 0 Å². The summed E-state index contributed by atoms with van der Waals surface area (Å²) in [6.45, 7) is 3.16. The molecule has 0 aliphatic carbocycles. The molecule has 0 bridgehead atoms. The first-order valence-electron chi connectivity index (χ1n) is 8.49. The Bertz CT molecular complexity index is 647. The highest BCUT2D eigenvalue weighted by molar-refractivity contribution is 5.50. The number of methoxy groups -OCH3 is 1. The summed E-state index contributed by atoms with van der Waals surface area (Å²) in [5.41, 5.74) is 2.06. The van der Waals surface area contributed by atoms with Crippen molar-refractivity contribution in [2.24, 2.45) is 5.92 Å². The molecule has 2 unspecified atom stereocenters. The van der Waals surface area contributed by atoms with Gasteiger partial charge in [0.1, 0.15) is 11.5 Å². The van der Waals surface area contributed by atoms with E-state index in [2.05, 4.69) is 6.08 Å². The highest BCUT2D eigenvalue weighted by Gasteiger charge is 2.23. The third-order valence-corrected chi connectivity index (χ3v) is 4.02. The number of aromatic hydroxyl groups is 2. The number of phenolic OH excluding ortho intramolecular Hbond substituents is 2. The van der Waals surface area contributed by atoms with Crippen LogP contribution in [0.3, 0.4) is 0 Å². The lowest BCUT2D eigenvalue weighted by atomic mass is 9.92. The summed E-state index contributed by atoms with van der Waals surface area (Å²) in [6, 6.07) is 14.2. The molecule has 2 rings (SSSR count). The standard InChI is InChI=1S/C21H26O4/c1-3-25-21(17-9-13-20(23)14-10-17)18(15-24-2)6-4-5-16-7-11-19(22)12-8-16/h4-5,7-14,18,21-23H,3,6,15H2,1-2H3. The maximum absolute atomic E-state index is 9.50. The van der Waals surface area contributed by atoms with Gasteiger partial charge in [-0.25, -0.2) is 0 Å². The van der Waals surface area contributed by atoms with Crippen LogP contribution in [-0.4, -0.2) is 30.5 Å². The Labute approximate surface area is 149 Å². The molecule has 0 aromatic heterocycles. The van der Waals surface area contributed by atoms with Crippen molar-refractivity contribution in [2.45, 2.75) is 19.4 Å². The Morgan fingerprint density at radius 2 is 1.56 bits per heavy atom. The molecule has 4 nitrogen and oxygen atoms in total. The second-order valence-corrected chi connectivity index (χ2v) is 5.91. The first kappa shape index (κ1) is 19.0. The second-order valence-electron chi connectivity index (χ2n) is 5.91. The molecular weight excluding hydrogens is 316 g/mol. The molecule has 0 saturated heterocycles. The molecule has 0 aliphatic rings. The maximum atomic E-state index is 9.50. The molecule has 2 aromatic rings. The average Bonchev–Trinajstić information content (AvgIpc) is 2.62. The Hall–Kier alpha value is -2.30. The van der Waals surface area contributed by atoms with E-state index in [-0.39, 0.29) is 23.5 Å². The fourth-order valence-electron chi connectivity index (χ4n) is 2.81. The van der Waals surface area contributed by atoms with Gasteiger partial charge in [-0.2, -0.15) is 0 Å². The van der Waals surface area contributed by atoms with E-state index >= 15 is 0 Å². The third-order valence-electron chi connectivity index (χ3n) is 4.02. The van der Waals surface area contributed by atoms with Gasteiger partial charge in [0.2, 0.25) is 0 Å². The zero-order valence-electron chi connectivity index (χ0n) is 14.8. The van der Waals surface area contributed by atoms with Gasteiger partial charge in [0.25, 0.3) is 0 Å². The summed E-state index contributed by atoms with van der Waals surface area (Å²) in [5.74, 6) is 0.663. The molecule has 2 atom stereocenters. The lowest BCUT2D eigenvalue weighted by molar-refractivity contribution is -0.00937. The lowest BCUT2D eigenvalue weighted by Crippen LogP contribution is -2.20. The van der Waals surface area contributed by atoms with Crippen molar-refractivity contribution in [1.29, 1.82) is 0 Å². The van der Waals surface area contributed by atoms with Crippen LogP contribution in [0.4, 0.5) is 0 Å². The van der Waals surface area contributed by atoms with Gasteiger partial charge in [-0.15, -0.1) is 0 Å². The molecule has 0 saturated carbocycles. The van der Waals surface area contributed by atoms with E-state index < -0.39 is 0 Å². The second kappa shape index (κ2) is 9.87. The summed E-state index contributed by atoms with van der Waals surface area (Å²) in [6.07, 6.45) is 4.82. The van der Waals surface area contributed by atoms with E-state index in [1.165, 1.54) is 0 Å². The van der Waals surface area contributed by atoms with Crippen molar-refractivity contribution in [1.82, 2.24) is 0 Å². The average molecular weight is 342 g/mol. The Kier molecular flexibility index (Phi) is 7.51. The summed E-state index contributed by atoms with van der Waals surface area (Å²) in [4.78, 5) is 0. The van der Waals surface area contributed by atoms with Crippen LogP contribution in [0.5, 0.6) is 11.5 Å². The smallest absolute Gasteiger partial charge is 0.115 e. The zero-order valence-corrected chi connectivity index (χ0v) is 14.8. The third kappa shape index (κ3) is 5.93. The number of allylic oxidation sites excluding steroid dienone is 1. The SMILES string of the molecule is CCOC(c1ccc(O)cc1)C(CC=Cc1ccc(O)cc1)COC. The topological polar surface area (TPSA) is 58.9 Å². The van der Waals surface area contributed by atoms with Gasteiger partial charge in [0.15, 0.2) is 0 Å². The summed E-state index contributed by atoms with van der Waals surface area (Å²) in [7, 11) is 1.69. The highest BCUT2D eigenvalue weighted by Crippen LogP contribution is 2.30. The Balaban J connectivity index is 2.12. The van der Waals surface area contributed by atoms with E-state index in [0.29, 0.717) is 13.2 Å². The van der Waals surface area contributed by atoms with Crippen molar-refractivity contribution in [3.63, 3.8) is 0 Å². The van der Waals surface area contributed by atoms with Crippen LogP contribution in [-0.2, 0) is 9.47 Å². The normalized spacial score (nSPS) is 13.8. The monoisotopic (exact) mass is 342 g/mol. The molecular formula is C21H26O4. The first-order valence-corrected chi connectivity index (χ1v) is 8.49. The molecule has 4 heteroatoms.